The van der Waals surface area contributed by atoms with Crippen LogP contribution >= 0.6 is 0 Å². The number of nitrogens with one attached hydrogen (secondary N) is 10. The van der Waals surface area contributed by atoms with E-state index in [1.807, 2.05) is 37.4 Å². The van der Waals surface area contributed by atoms with Crippen molar-refractivity contribution >= 4 is 84.7 Å². The highest BCUT2D eigenvalue weighted by molar-refractivity contribution is 7.91. The molecule has 28 nitrogen and oxygen atoms in total. The molecule has 2 fully saturated rings. The number of aliphatic hydroxyl groups excluding tert-OH is 1. The van der Waals surface area contributed by atoms with Crippen molar-refractivity contribution in [1.82, 2.24) is 62.4 Å². The first-order valence-electron chi connectivity index (χ1n) is 37.1. The van der Waals surface area contributed by atoms with Gasteiger partial charge in [-0.25, -0.2) is 8.42 Å². The molecule has 12 atom stereocenters. The Kier molecular flexibility index (Phi) is 28.2. The quantitative estimate of drug-likeness (QED) is 0.0249. The van der Waals surface area contributed by atoms with E-state index < -0.39 is 111 Å². The molecule has 0 radical (unpaired) electrons. The van der Waals surface area contributed by atoms with Crippen LogP contribution < -0.4 is 59.7 Å². The van der Waals surface area contributed by atoms with Gasteiger partial charge >= 0.3 is 0 Å². The lowest BCUT2D eigenvalue weighted by atomic mass is 9.73. The minimum atomic E-state index is -3.76. The van der Waals surface area contributed by atoms with Crippen molar-refractivity contribution in [2.45, 2.75) is 176 Å². The molecule has 0 unspecified atom stereocenters. The number of unbranched alkanes of at least 4 members (excludes halogenated alkanes) is 1. The number of likely N-dealkylation sites (tertiary alicyclic amines) is 1. The van der Waals surface area contributed by atoms with Crippen LogP contribution in [0, 0.1) is 5.92 Å². The van der Waals surface area contributed by atoms with E-state index in [0.29, 0.717) is 60.9 Å². The zero-order valence-corrected chi connectivity index (χ0v) is 61.5. The van der Waals surface area contributed by atoms with Gasteiger partial charge in [-0.15, -0.1) is 0 Å². The minimum absolute atomic E-state index is 0.0127. The molecular formula is C78H102N16O12S. The number of Topliss-reactive ketones (excluding diaryl/α,β-unsaturated/α-hetero) is 1. The second kappa shape index (κ2) is 37.9. The highest BCUT2D eigenvalue weighted by Gasteiger charge is 2.42. The number of fused-ring (bicyclic) bond motifs is 3. The number of phenols is 1. The van der Waals surface area contributed by atoms with Crippen LogP contribution in [-0.2, 0) is 80.3 Å². The summed E-state index contributed by atoms with van der Waals surface area (Å²) in [5.41, 5.74) is 23.9. The molecule has 107 heavy (non-hydrogen) atoms. The third-order valence-corrected chi connectivity index (χ3v) is 22.4. The molecule has 0 bridgehead atoms. The van der Waals surface area contributed by atoms with Gasteiger partial charge in [0.1, 0.15) is 42.0 Å². The van der Waals surface area contributed by atoms with Crippen LogP contribution in [0.3, 0.4) is 0 Å². The van der Waals surface area contributed by atoms with Crippen molar-refractivity contribution in [3.8, 4) is 5.75 Å². The maximum absolute atomic E-state index is 15.4. The van der Waals surface area contributed by atoms with E-state index >= 15 is 24.0 Å². The fourth-order valence-corrected chi connectivity index (χ4v) is 16.6. The summed E-state index contributed by atoms with van der Waals surface area (Å²) >= 11 is 0. The van der Waals surface area contributed by atoms with E-state index in [9.17, 15) is 33.0 Å². The number of piperidine rings is 1. The van der Waals surface area contributed by atoms with Gasteiger partial charge in [-0.1, -0.05) is 85.6 Å². The van der Waals surface area contributed by atoms with Crippen molar-refractivity contribution in [2.24, 2.45) is 28.1 Å². The van der Waals surface area contributed by atoms with Crippen LogP contribution in [0.2, 0.25) is 0 Å². The van der Waals surface area contributed by atoms with E-state index in [2.05, 4.69) is 85.7 Å². The molecule has 3 aliphatic rings. The van der Waals surface area contributed by atoms with Crippen molar-refractivity contribution in [2.75, 3.05) is 44.7 Å². The smallest absolute Gasteiger partial charge is 0.245 e. The Morgan fingerprint density at radius 3 is 1.92 bits per heavy atom. The number of amides is 7. The van der Waals surface area contributed by atoms with Crippen molar-refractivity contribution < 1.29 is 57.0 Å². The molecule has 3 aromatic heterocycles. The van der Waals surface area contributed by atoms with Crippen LogP contribution in [0.25, 0.3) is 21.8 Å². The summed E-state index contributed by atoms with van der Waals surface area (Å²) < 4.78 is 28.7. The number of benzene rings is 4. The molecule has 7 amide bonds. The molecule has 1 aliphatic carbocycles. The predicted octanol–water partition coefficient (Wildman–Crippen LogP) is 2.54. The topological polar surface area (TPSA) is 446 Å². The third-order valence-electron chi connectivity index (χ3n) is 20.6. The number of aromatic hydroxyl groups is 1. The van der Waals surface area contributed by atoms with E-state index in [4.69, 9.17) is 17.2 Å². The fraction of sp³-hybridized carbons (Fsp3) is 0.462. The lowest BCUT2D eigenvalue weighted by Gasteiger charge is -2.45. The molecular weight excluding hydrogens is 1390 g/mol. The average Bonchev–Trinajstić information content (AvgIpc) is 1.69. The van der Waals surface area contributed by atoms with Crippen molar-refractivity contribution in [1.29, 1.82) is 0 Å². The number of H-pyrrole nitrogens is 2. The predicted molar refractivity (Wildman–Crippen MR) is 408 cm³/mol. The number of hydrogen-bond acceptors (Lipinski definition) is 17. The lowest BCUT2D eigenvalue weighted by molar-refractivity contribution is -0.136. The number of aliphatic hydroxyl groups is 1. The number of sulfone groups is 1. The standard InChI is InChI=1S/C78H102N16O12S/c1-47(95)70-77(104)89-63(38-49-25-27-54(96)28-26-49)68(97)24-8-4-7-20-60(83-35-36-107(105,106)46-51-37-57-56-18-13-22-59-69(56)53(44-86-59)42-67(57)94(2)45-51)71(98)87-62(23-14-32-84-78(80)81)72(99)90-64(39-48-15-5-3-6-16-48)74(101)91-65(40-50-29-33-82-34-30-50)75(102)92-66(41-52-43-85-58-19-10-9-17-55(52)58)76(103)88-61(73(100)93-70)21-11-12-31-79/h3,5-6,9-10,13,15-19,22,25-30,33-34,43-44,47,51,57,60-67,70,83,85-86,95-96H,4,7-8,11-12,14,20-21,23-24,31-32,35-42,45-46,79H2,1-2H3,(H,87,98)(H,88,103)(H,89,104)(H,90,99)(H,91,101)(H,92,102)(H,93,100)(H4,80,81,84)/t47-,51-,57-,60-,61+,62+,63+,64+,65+,66-,67-,70+/m1/s1. The summed E-state index contributed by atoms with van der Waals surface area (Å²) in [6.45, 7) is 1.99. The summed E-state index contributed by atoms with van der Waals surface area (Å²) in [4.78, 5) is 137. The van der Waals surface area contributed by atoms with Crippen LogP contribution in [0.1, 0.15) is 117 Å². The molecule has 2 aliphatic heterocycles. The van der Waals surface area contributed by atoms with E-state index in [1.165, 1.54) is 48.0 Å². The van der Waals surface area contributed by atoms with Gasteiger partial charge in [0.05, 0.1) is 29.7 Å². The molecule has 18 N–H and O–H groups in total. The zero-order chi connectivity index (χ0) is 76.2. The minimum Gasteiger partial charge on any atom is -0.508 e. The number of guanidine groups is 1. The number of aromatic nitrogens is 3. The number of carbonyl (C=O) groups is 8. The number of hydrogen-bond donors (Lipinski definition) is 15. The van der Waals surface area contributed by atoms with E-state index in [-0.39, 0.29) is 125 Å². The molecule has 10 rings (SSSR count). The molecule has 0 spiro atoms. The maximum atomic E-state index is 15.4. The van der Waals surface area contributed by atoms with Crippen molar-refractivity contribution in [3.05, 3.63) is 167 Å². The van der Waals surface area contributed by atoms with Gasteiger partial charge in [0, 0.05) is 104 Å². The number of carbonyl (C=O) groups excluding carboxylic acids is 8. The fourth-order valence-electron chi connectivity index (χ4n) is 15.0. The van der Waals surface area contributed by atoms with Crippen LogP contribution in [0.5, 0.6) is 5.75 Å². The number of pyridine rings is 1. The molecule has 29 heteroatoms. The lowest BCUT2D eigenvalue weighted by Crippen LogP contribution is -2.61. The van der Waals surface area contributed by atoms with Gasteiger partial charge in [0.25, 0.3) is 0 Å². The first-order chi connectivity index (χ1) is 51.5. The summed E-state index contributed by atoms with van der Waals surface area (Å²) in [5.74, 6) is -6.92. The van der Waals surface area contributed by atoms with Gasteiger partial charge in [0.15, 0.2) is 21.6 Å². The van der Waals surface area contributed by atoms with Crippen LogP contribution in [-0.4, -0.2) is 197 Å². The first-order valence-corrected chi connectivity index (χ1v) is 38.9. The number of likely N-dealkylation sites (N-methyl/N-ethyl adjacent to an activating group) is 1. The third kappa shape index (κ3) is 22.3. The number of aromatic amines is 2. The Morgan fingerprint density at radius 1 is 0.636 bits per heavy atom. The Hall–Kier alpha value is -10.1. The van der Waals surface area contributed by atoms with Crippen LogP contribution in [0.15, 0.2) is 139 Å². The monoisotopic (exact) mass is 1490 g/mol. The largest absolute Gasteiger partial charge is 0.508 e. The highest BCUT2D eigenvalue weighted by Crippen LogP contribution is 2.44. The van der Waals surface area contributed by atoms with Crippen molar-refractivity contribution in [3.63, 3.8) is 0 Å². The number of phenolic OH excluding ortho intramolecular Hbond substituents is 1. The average molecular weight is 1490 g/mol. The first kappa shape index (κ1) is 79.5. The Balaban J connectivity index is 0.974. The summed E-state index contributed by atoms with van der Waals surface area (Å²) in [7, 11) is -1.71. The summed E-state index contributed by atoms with van der Waals surface area (Å²) in [5, 5.41) is 46.4. The van der Waals surface area contributed by atoms with Gasteiger partial charge < -0.3 is 84.8 Å². The molecule has 572 valence electrons. The SMILES string of the molecule is C[C@@H](O)[C@@H]1NC(=O)[C@H](CCCCN)NC(=O)[C@@H](Cc2c[nH]c3ccccc23)NC(=O)[C@H](Cc2ccncc2)NC(=O)[C@H](Cc2ccccc2)NC(=O)[C@H](CCCN=C(N)N)NC(=O)[C@H](NCCS(=O)(=O)C[C@@H]2C[C@@H]3c4cccc5[nH]cc(c45)C[C@H]3N(C)C2)CCCCCC(=O)[C@H](Cc2ccc(O)cc2)NC1=O. The highest BCUT2D eigenvalue weighted by atomic mass is 32.2. The number of nitrogens with two attached hydrogens (primary N) is 3. The number of para-hydroxylation sites is 1. The van der Waals surface area contributed by atoms with Gasteiger partial charge in [0.2, 0.25) is 41.4 Å². The number of nitrogens with zero attached hydrogens (tertiary/aromatic N) is 3. The maximum Gasteiger partial charge on any atom is 0.245 e. The van der Waals surface area contributed by atoms with E-state index in [0.717, 1.165) is 22.8 Å². The number of ketones is 1. The zero-order valence-electron chi connectivity index (χ0n) is 60.6. The second-order valence-corrected chi connectivity index (χ2v) is 30.9. The van der Waals surface area contributed by atoms with Gasteiger partial charge in [-0.2, -0.15) is 0 Å². The Bertz CT molecular complexity index is 4340. The molecule has 0 saturated carbocycles. The second-order valence-electron chi connectivity index (χ2n) is 28.7. The van der Waals surface area contributed by atoms with Crippen LogP contribution in [0.4, 0.5) is 0 Å². The number of rotatable bonds is 23. The van der Waals surface area contributed by atoms with Gasteiger partial charge in [-0.05, 0) is 160 Å². The molecule has 5 heterocycles. The molecule has 7 aromatic rings. The molecule has 2 saturated heterocycles. The van der Waals surface area contributed by atoms with Gasteiger partial charge in [-0.3, -0.25) is 48.3 Å². The normalized spacial score (nSPS) is 24.1. The summed E-state index contributed by atoms with van der Waals surface area (Å²) in [6, 6.07) is 20.7. The molecule has 4 aromatic carbocycles. The Morgan fingerprint density at radius 2 is 1.22 bits per heavy atom. The van der Waals surface area contributed by atoms with E-state index in [1.54, 1.807) is 60.8 Å². The Labute approximate surface area is 623 Å². The summed E-state index contributed by atoms with van der Waals surface area (Å²) in [6.07, 6.45) is 7.93. The number of aliphatic imine (C=N–C) groups is 1.